The van der Waals surface area contributed by atoms with Gasteiger partial charge in [0.2, 0.25) is 5.78 Å². The summed E-state index contributed by atoms with van der Waals surface area (Å²) in [6.45, 7) is 4.06. The second kappa shape index (κ2) is 7.31. The topological polar surface area (TPSA) is 85.0 Å². The first kappa shape index (κ1) is 18.4. The van der Waals surface area contributed by atoms with E-state index in [-0.39, 0.29) is 17.1 Å². The zero-order valence-corrected chi connectivity index (χ0v) is 16.7. The molecule has 1 N–H and O–H groups in total. The molecule has 0 bridgehead atoms. The van der Waals surface area contributed by atoms with Crippen molar-refractivity contribution in [3.05, 3.63) is 83.3 Å². The molecule has 0 atom stereocenters. The van der Waals surface area contributed by atoms with Crippen molar-refractivity contribution in [1.29, 1.82) is 0 Å². The molecule has 0 spiro atoms. The van der Waals surface area contributed by atoms with E-state index < -0.39 is 0 Å². The number of ketones is 1. The molecular formula is C22H17N5O2S. The molecule has 5 aromatic rings. The fourth-order valence-corrected chi connectivity index (χ4v) is 4.45. The zero-order chi connectivity index (χ0) is 20.7. The number of rotatable bonds is 6. The third-order valence-electron chi connectivity index (χ3n) is 5.01. The molecule has 0 saturated carbocycles. The maximum Gasteiger partial charge on any atom is 0.263 e. The molecule has 148 valence electrons. The normalized spacial score (nSPS) is 11.5. The largest absolute Gasteiger partial charge is 0.360 e. The molecule has 3 heterocycles. The molecule has 0 radical (unpaired) electrons. The molecule has 0 saturated heterocycles. The highest BCUT2D eigenvalue weighted by Crippen LogP contribution is 2.24. The minimum atomic E-state index is -0.142. The van der Waals surface area contributed by atoms with Crippen LogP contribution in [-0.4, -0.2) is 35.7 Å². The first-order chi connectivity index (χ1) is 14.7. The van der Waals surface area contributed by atoms with Gasteiger partial charge < -0.3 is 4.98 Å². The number of hydrogen-bond acceptors (Lipinski definition) is 5. The van der Waals surface area contributed by atoms with E-state index in [2.05, 4.69) is 21.8 Å². The second-order valence-electron chi connectivity index (χ2n) is 6.80. The number of hydrogen-bond donors (Lipinski definition) is 1. The van der Waals surface area contributed by atoms with E-state index in [1.807, 2.05) is 46.9 Å². The fourth-order valence-electron chi connectivity index (χ4n) is 3.63. The van der Waals surface area contributed by atoms with Crippen LogP contribution in [0.15, 0.2) is 77.3 Å². The second-order valence-corrected chi connectivity index (χ2v) is 7.74. The Kier molecular flexibility index (Phi) is 4.48. The summed E-state index contributed by atoms with van der Waals surface area (Å²) in [6.07, 6.45) is 3.39. The van der Waals surface area contributed by atoms with Gasteiger partial charge in [0.05, 0.1) is 16.7 Å². The molecule has 0 amide bonds. The maximum atomic E-state index is 12.9. The lowest BCUT2D eigenvalue weighted by atomic mass is 10.1. The van der Waals surface area contributed by atoms with Gasteiger partial charge in [0.25, 0.3) is 5.56 Å². The van der Waals surface area contributed by atoms with Gasteiger partial charge in [0, 0.05) is 29.2 Å². The number of H-pyrrole nitrogens is 1. The molecule has 7 nitrogen and oxygen atoms in total. The van der Waals surface area contributed by atoms with Gasteiger partial charge in [0.1, 0.15) is 0 Å². The Morgan fingerprint density at radius 2 is 1.87 bits per heavy atom. The summed E-state index contributed by atoms with van der Waals surface area (Å²) in [6, 6.07) is 15.0. The number of thioether (sulfide) groups is 1. The third kappa shape index (κ3) is 2.84. The Labute approximate surface area is 175 Å². The lowest BCUT2D eigenvalue weighted by molar-refractivity contribution is 0.102. The number of aromatic nitrogens is 5. The van der Waals surface area contributed by atoms with Gasteiger partial charge in [0.15, 0.2) is 10.9 Å². The van der Waals surface area contributed by atoms with E-state index in [9.17, 15) is 9.59 Å². The number of Topliss-reactive ketones (excluding diaryl/α,β-unsaturated/α-hetero) is 1. The predicted octanol–water partition coefficient (Wildman–Crippen LogP) is 3.69. The average Bonchev–Trinajstić information content (AvgIpc) is 3.39. The summed E-state index contributed by atoms with van der Waals surface area (Å²) in [4.78, 5) is 28.9. The van der Waals surface area contributed by atoms with E-state index >= 15 is 0 Å². The highest BCUT2D eigenvalue weighted by molar-refractivity contribution is 7.99. The number of fused-ring (bicyclic) bond motifs is 4. The van der Waals surface area contributed by atoms with Crippen molar-refractivity contribution in [2.45, 2.75) is 11.7 Å². The van der Waals surface area contributed by atoms with E-state index in [1.165, 1.54) is 16.3 Å². The molecule has 0 aliphatic heterocycles. The van der Waals surface area contributed by atoms with E-state index in [4.69, 9.17) is 0 Å². The number of benzene rings is 2. The lowest BCUT2D eigenvalue weighted by Gasteiger charge is -2.09. The molecule has 5 rings (SSSR count). The maximum absolute atomic E-state index is 12.9. The van der Waals surface area contributed by atoms with E-state index in [0.717, 1.165) is 10.9 Å². The number of carbonyl (C=O) groups is 1. The van der Waals surface area contributed by atoms with Gasteiger partial charge in [-0.15, -0.1) is 16.8 Å². The van der Waals surface area contributed by atoms with Crippen molar-refractivity contribution in [2.24, 2.45) is 0 Å². The Morgan fingerprint density at radius 1 is 1.10 bits per heavy atom. The van der Waals surface area contributed by atoms with Crippen LogP contribution in [0.3, 0.4) is 0 Å². The summed E-state index contributed by atoms with van der Waals surface area (Å²) < 4.78 is 3.36. The number of carbonyl (C=O) groups excluding carboxylic acids is 1. The van der Waals surface area contributed by atoms with Crippen molar-refractivity contribution in [3.63, 3.8) is 0 Å². The lowest BCUT2D eigenvalue weighted by Crippen LogP contribution is -2.22. The summed E-state index contributed by atoms with van der Waals surface area (Å²) in [5.41, 5.74) is 2.15. The summed E-state index contributed by atoms with van der Waals surface area (Å²) in [5.74, 6) is 0.635. The van der Waals surface area contributed by atoms with Gasteiger partial charge in [-0.2, -0.15) is 0 Å². The molecule has 2 aromatic carbocycles. The average molecular weight is 415 g/mol. The Morgan fingerprint density at radius 3 is 2.70 bits per heavy atom. The fraction of sp³-hybridized carbons (Fsp3) is 0.0909. The minimum Gasteiger partial charge on any atom is -0.360 e. The van der Waals surface area contributed by atoms with Gasteiger partial charge in [-0.05, 0) is 18.2 Å². The number of allylic oxidation sites excluding steroid dienone is 1. The van der Waals surface area contributed by atoms with Crippen LogP contribution in [0.4, 0.5) is 0 Å². The van der Waals surface area contributed by atoms with Gasteiger partial charge in [-0.25, -0.2) is 0 Å². The first-order valence-corrected chi connectivity index (χ1v) is 10.4. The van der Waals surface area contributed by atoms with Crippen LogP contribution in [-0.2, 0) is 6.54 Å². The molecule has 0 aliphatic carbocycles. The summed E-state index contributed by atoms with van der Waals surface area (Å²) in [5, 5.41) is 10.5. The zero-order valence-electron chi connectivity index (χ0n) is 15.9. The number of nitrogens with zero attached hydrogens (tertiary/aromatic N) is 4. The molecular weight excluding hydrogens is 398 g/mol. The number of aromatic amines is 1. The Balaban J connectivity index is 1.56. The highest BCUT2D eigenvalue weighted by atomic mass is 32.2. The molecule has 0 unspecified atom stereocenters. The van der Waals surface area contributed by atoms with E-state index in [1.54, 1.807) is 18.3 Å². The van der Waals surface area contributed by atoms with Gasteiger partial charge in [-0.1, -0.05) is 48.2 Å². The molecule has 0 aliphatic rings. The van der Waals surface area contributed by atoms with Crippen LogP contribution in [0.2, 0.25) is 0 Å². The first-order valence-electron chi connectivity index (χ1n) is 9.38. The smallest absolute Gasteiger partial charge is 0.263 e. The number of nitrogens with one attached hydrogen (secondary N) is 1. The van der Waals surface area contributed by atoms with Crippen LogP contribution in [0.5, 0.6) is 0 Å². The van der Waals surface area contributed by atoms with Crippen LogP contribution >= 0.6 is 11.8 Å². The van der Waals surface area contributed by atoms with Crippen molar-refractivity contribution in [2.75, 3.05) is 5.75 Å². The summed E-state index contributed by atoms with van der Waals surface area (Å²) in [7, 11) is 0. The van der Waals surface area contributed by atoms with Crippen LogP contribution in [0.1, 0.15) is 10.4 Å². The minimum absolute atomic E-state index is 0.00193. The number of para-hydroxylation sites is 2. The van der Waals surface area contributed by atoms with Crippen LogP contribution < -0.4 is 5.56 Å². The van der Waals surface area contributed by atoms with Crippen LogP contribution in [0.25, 0.3) is 27.6 Å². The standard InChI is InChI=1S/C22H17N5O2S/c1-2-11-26-20(29)15-8-4-6-10-18(15)27-21(26)24-25-22(27)30-13-19(28)16-12-23-17-9-5-3-7-14(16)17/h2-10,12,23H,1,11,13H2. The Hall–Kier alpha value is -3.65. The van der Waals surface area contributed by atoms with E-state index in [0.29, 0.717) is 33.9 Å². The molecule has 3 aromatic heterocycles. The van der Waals surface area contributed by atoms with Crippen molar-refractivity contribution >= 4 is 45.1 Å². The van der Waals surface area contributed by atoms with Crippen LogP contribution in [0, 0.1) is 0 Å². The molecule has 0 fully saturated rings. The molecule has 8 heteroatoms. The summed E-state index contributed by atoms with van der Waals surface area (Å²) >= 11 is 1.30. The van der Waals surface area contributed by atoms with Crippen molar-refractivity contribution in [3.8, 4) is 0 Å². The highest BCUT2D eigenvalue weighted by Gasteiger charge is 2.18. The Bertz CT molecular complexity index is 1490. The molecule has 30 heavy (non-hydrogen) atoms. The van der Waals surface area contributed by atoms with Gasteiger partial charge >= 0.3 is 0 Å². The third-order valence-corrected chi connectivity index (χ3v) is 5.94. The predicted molar refractivity (Wildman–Crippen MR) is 118 cm³/mol. The van der Waals surface area contributed by atoms with Crippen molar-refractivity contribution < 1.29 is 4.79 Å². The SMILES string of the molecule is C=CCn1c(=O)c2ccccc2n2c(SCC(=O)c3c[nH]c4ccccc34)nnc12. The quantitative estimate of drug-likeness (QED) is 0.260. The van der Waals surface area contributed by atoms with Crippen molar-refractivity contribution in [1.82, 2.24) is 24.1 Å². The monoisotopic (exact) mass is 415 g/mol. The van der Waals surface area contributed by atoms with Gasteiger partial charge in [-0.3, -0.25) is 18.6 Å².